The molecular weight excluding hydrogens is 272 g/mol. The molecule has 1 unspecified atom stereocenters. The molecule has 5 nitrogen and oxygen atoms in total. The van der Waals surface area contributed by atoms with Crippen LogP contribution in [0.25, 0.3) is 0 Å². The Morgan fingerprint density at radius 2 is 2.00 bits per heavy atom. The monoisotopic (exact) mass is 292 g/mol. The molecule has 0 aromatic heterocycles. The van der Waals surface area contributed by atoms with Gasteiger partial charge in [-0.25, -0.2) is 0 Å². The van der Waals surface area contributed by atoms with E-state index in [1.807, 2.05) is 0 Å². The smallest absolute Gasteiger partial charge is 0.311 e. The first-order valence-corrected chi connectivity index (χ1v) is 6.89. The number of methoxy groups -OCH3 is 1. The highest BCUT2D eigenvalue weighted by Crippen LogP contribution is 2.40. The summed E-state index contributed by atoms with van der Waals surface area (Å²) in [7, 11) is 1.47. The van der Waals surface area contributed by atoms with Gasteiger partial charge in [-0.3, -0.25) is 9.59 Å². The third kappa shape index (κ3) is 3.01. The molecule has 0 saturated carbocycles. The van der Waals surface area contributed by atoms with E-state index in [0.29, 0.717) is 17.7 Å². The van der Waals surface area contributed by atoms with Crippen LogP contribution in [0.15, 0.2) is 12.1 Å². The van der Waals surface area contributed by atoms with E-state index in [1.165, 1.54) is 13.2 Å². The second-order valence-corrected chi connectivity index (χ2v) is 6.22. The van der Waals surface area contributed by atoms with Gasteiger partial charge in [0, 0.05) is 18.1 Å². The highest BCUT2D eigenvalue weighted by Gasteiger charge is 2.34. The molecule has 0 radical (unpaired) electrons. The molecule has 1 aromatic rings. The van der Waals surface area contributed by atoms with E-state index in [9.17, 15) is 14.7 Å². The number of hydrogen-bond acceptors (Lipinski definition) is 5. The number of Topliss-reactive ketones (excluding diaryl/α,β-unsaturated/α-hetero) is 1. The summed E-state index contributed by atoms with van der Waals surface area (Å²) >= 11 is 0. The Labute approximate surface area is 123 Å². The number of aromatic hydroxyl groups is 1. The number of carbonyl (C=O) groups is 2. The Morgan fingerprint density at radius 1 is 1.33 bits per heavy atom. The number of fused-ring (bicyclic) bond motifs is 1. The van der Waals surface area contributed by atoms with E-state index in [1.54, 1.807) is 26.8 Å². The van der Waals surface area contributed by atoms with Gasteiger partial charge in [0.1, 0.15) is 17.6 Å². The molecule has 0 saturated heterocycles. The first-order valence-electron chi connectivity index (χ1n) is 6.89. The van der Waals surface area contributed by atoms with Gasteiger partial charge < -0.3 is 14.6 Å². The van der Waals surface area contributed by atoms with Gasteiger partial charge in [-0.05, 0) is 33.3 Å². The van der Waals surface area contributed by atoms with Crippen LogP contribution >= 0.6 is 0 Å². The van der Waals surface area contributed by atoms with Crippen LogP contribution in [0.5, 0.6) is 11.5 Å². The Kier molecular flexibility index (Phi) is 3.94. The number of esters is 1. The molecule has 5 heteroatoms. The SMILES string of the molecule is COc1cc(O)c2c(c1)C(OC(=O)C(C)(C)C)CCC2=O. The quantitative estimate of drug-likeness (QED) is 0.848. The molecule has 1 aromatic carbocycles. The maximum Gasteiger partial charge on any atom is 0.311 e. The Morgan fingerprint density at radius 3 is 2.57 bits per heavy atom. The van der Waals surface area contributed by atoms with E-state index >= 15 is 0 Å². The molecule has 1 aliphatic carbocycles. The average molecular weight is 292 g/mol. The average Bonchev–Trinajstić information content (AvgIpc) is 2.40. The lowest BCUT2D eigenvalue weighted by Crippen LogP contribution is -2.27. The minimum atomic E-state index is -0.622. The van der Waals surface area contributed by atoms with E-state index in [-0.39, 0.29) is 29.5 Å². The number of ether oxygens (including phenoxy) is 2. The zero-order chi connectivity index (χ0) is 15.8. The van der Waals surface area contributed by atoms with Crippen LogP contribution in [0, 0.1) is 5.41 Å². The molecule has 1 aliphatic rings. The van der Waals surface area contributed by atoms with Crippen molar-refractivity contribution < 1.29 is 24.2 Å². The largest absolute Gasteiger partial charge is 0.507 e. The van der Waals surface area contributed by atoms with Crippen molar-refractivity contribution in [2.24, 2.45) is 5.41 Å². The standard InChI is InChI=1S/C16H20O5/c1-16(2,3)15(19)21-13-6-5-11(17)14-10(13)7-9(20-4)8-12(14)18/h7-8,13,18H,5-6H2,1-4H3. The number of benzene rings is 1. The van der Waals surface area contributed by atoms with Gasteiger partial charge in [-0.2, -0.15) is 0 Å². The van der Waals surface area contributed by atoms with Crippen molar-refractivity contribution >= 4 is 11.8 Å². The summed E-state index contributed by atoms with van der Waals surface area (Å²) in [5.74, 6) is -0.188. The maximum absolute atomic E-state index is 12.1. The molecule has 1 N–H and O–H groups in total. The lowest BCUT2D eigenvalue weighted by Gasteiger charge is -2.28. The minimum Gasteiger partial charge on any atom is -0.507 e. The first kappa shape index (κ1) is 15.4. The molecule has 114 valence electrons. The first-order chi connectivity index (χ1) is 9.74. The van der Waals surface area contributed by atoms with Crippen LogP contribution in [0.4, 0.5) is 0 Å². The molecule has 21 heavy (non-hydrogen) atoms. The van der Waals surface area contributed by atoms with Crippen LogP contribution in [-0.2, 0) is 9.53 Å². The fourth-order valence-electron chi connectivity index (χ4n) is 2.27. The van der Waals surface area contributed by atoms with Crippen molar-refractivity contribution in [1.82, 2.24) is 0 Å². The summed E-state index contributed by atoms with van der Waals surface area (Å²) in [6, 6.07) is 3.04. The van der Waals surface area contributed by atoms with Gasteiger partial charge in [0.05, 0.1) is 18.1 Å². The predicted octanol–water partition coefficient (Wildman–Crippen LogP) is 3.01. The maximum atomic E-state index is 12.1. The number of hydrogen-bond donors (Lipinski definition) is 1. The zero-order valence-electron chi connectivity index (χ0n) is 12.7. The van der Waals surface area contributed by atoms with Gasteiger partial charge in [0.15, 0.2) is 5.78 Å². The fraction of sp³-hybridized carbons (Fsp3) is 0.500. The van der Waals surface area contributed by atoms with E-state index in [4.69, 9.17) is 9.47 Å². The lowest BCUT2D eigenvalue weighted by atomic mass is 9.87. The third-order valence-corrected chi connectivity index (χ3v) is 3.48. The topological polar surface area (TPSA) is 72.8 Å². The van der Waals surface area contributed by atoms with Gasteiger partial charge in [-0.15, -0.1) is 0 Å². The summed E-state index contributed by atoms with van der Waals surface area (Å²) in [5.41, 5.74) is 0.122. The van der Waals surface area contributed by atoms with E-state index in [0.717, 1.165) is 0 Å². The van der Waals surface area contributed by atoms with Crippen molar-refractivity contribution in [3.8, 4) is 11.5 Å². The molecule has 0 aliphatic heterocycles. The van der Waals surface area contributed by atoms with Gasteiger partial charge in [-0.1, -0.05) is 0 Å². The summed E-state index contributed by atoms with van der Waals surface area (Å²) in [6.07, 6.45) is 0.125. The van der Waals surface area contributed by atoms with Crippen molar-refractivity contribution in [3.05, 3.63) is 23.3 Å². The summed E-state index contributed by atoms with van der Waals surface area (Å²) in [4.78, 5) is 24.1. The number of phenolic OH excluding ortho intramolecular Hbond substituents is 1. The third-order valence-electron chi connectivity index (χ3n) is 3.48. The molecule has 0 bridgehead atoms. The van der Waals surface area contributed by atoms with Gasteiger partial charge in [0.25, 0.3) is 0 Å². The van der Waals surface area contributed by atoms with Crippen LogP contribution in [0.2, 0.25) is 0 Å². The Balaban J connectivity index is 2.41. The molecule has 2 rings (SSSR count). The minimum absolute atomic E-state index is 0.133. The second-order valence-electron chi connectivity index (χ2n) is 6.22. The second kappa shape index (κ2) is 5.39. The summed E-state index contributed by atoms with van der Waals surface area (Å²) in [5, 5.41) is 10.0. The van der Waals surface area contributed by atoms with E-state index < -0.39 is 11.5 Å². The lowest BCUT2D eigenvalue weighted by molar-refractivity contribution is -0.159. The van der Waals surface area contributed by atoms with Crippen LogP contribution in [0.1, 0.15) is 55.6 Å². The number of rotatable bonds is 2. The number of phenols is 1. The van der Waals surface area contributed by atoms with Gasteiger partial charge in [0.2, 0.25) is 0 Å². The van der Waals surface area contributed by atoms with E-state index in [2.05, 4.69) is 0 Å². The molecule has 0 spiro atoms. The van der Waals surface area contributed by atoms with Crippen molar-refractivity contribution in [2.45, 2.75) is 39.7 Å². The Bertz CT molecular complexity index is 583. The van der Waals surface area contributed by atoms with Crippen LogP contribution in [0.3, 0.4) is 0 Å². The Hall–Kier alpha value is -2.04. The van der Waals surface area contributed by atoms with Crippen molar-refractivity contribution in [1.29, 1.82) is 0 Å². The highest BCUT2D eigenvalue weighted by atomic mass is 16.5. The molecule has 1 atom stereocenters. The van der Waals surface area contributed by atoms with Crippen molar-refractivity contribution in [3.63, 3.8) is 0 Å². The summed E-state index contributed by atoms with van der Waals surface area (Å²) < 4.78 is 10.6. The molecular formula is C16H20O5. The summed E-state index contributed by atoms with van der Waals surface area (Å²) in [6.45, 7) is 5.31. The highest BCUT2D eigenvalue weighted by molar-refractivity contribution is 6.01. The molecule has 0 fully saturated rings. The molecule has 0 heterocycles. The predicted molar refractivity (Wildman–Crippen MR) is 76.5 cm³/mol. The van der Waals surface area contributed by atoms with Crippen molar-refractivity contribution in [2.75, 3.05) is 7.11 Å². The van der Waals surface area contributed by atoms with Gasteiger partial charge >= 0.3 is 5.97 Å². The fourth-order valence-corrected chi connectivity index (χ4v) is 2.27. The zero-order valence-corrected chi connectivity index (χ0v) is 12.7. The number of carbonyl (C=O) groups excluding carboxylic acids is 2. The molecule has 0 amide bonds. The van der Waals surface area contributed by atoms with Crippen LogP contribution in [-0.4, -0.2) is 24.0 Å². The van der Waals surface area contributed by atoms with Crippen LogP contribution < -0.4 is 4.74 Å². The normalized spacial score (nSPS) is 18.1. The number of ketones is 1.